The summed E-state index contributed by atoms with van der Waals surface area (Å²) in [6.45, 7) is 7.94. The molecule has 0 radical (unpaired) electrons. The Morgan fingerprint density at radius 1 is 1.03 bits per heavy atom. The maximum absolute atomic E-state index is 12.6. The summed E-state index contributed by atoms with van der Waals surface area (Å²) in [5, 5.41) is 2.68. The molecule has 2 N–H and O–H groups in total. The van der Waals surface area contributed by atoms with Gasteiger partial charge < -0.3 is 19.5 Å². The predicted molar refractivity (Wildman–Crippen MR) is 127 cm³/mol. The van der Waals surface area contributed by atoms with Gasteiger partial charge in [0.25, 0.3) is 5.91 Å². The highest BCUT2D eigenvalue weighted by Crippen LogP contribution is 2.31. The summed E-state index contributed by atoms with van der Waals surface area (Å²) in [6.07, 6.45) is -0.424. The monoisotopic (exact) mass is 490 g/mol. The van der Waals surface area contributed by atoms with Crippen molar-refractivity contribution in [3.8, 4) is 11.5 Å². The van der Waals surface area contributed by atoms with E-state index in [0.717, 1.165) is 5.56 Å². The Bertz CT molecular complexity index is 1140. The number of hydrogen-bond acceptors (Lipinski definition) is 7. The lowest BCUT2D eigenvalue weighted by atomic mass is 9.87. The molecule has 10 heteroatoms. The summed E-state index contributed by atoms with van der Waals surface area (Å²) in [6, 6.07) is 11.6. The largest absolute Gasteiger partial charge is 0.490 e. The van der Waals surface area contributed by atoms with E-state index in [1.165, 1.54) is 25.1 Å². The van der Waals surface area contributed by atoms with Gasteiger partial charge in [-0.3, -0.25) is 9.59 Å². The number of carbonyl (C=O) groups is 2. The van der Waals surface area contributed by atoms with Gasteiger partial charge in [0, 0.05) is 18.2 Å². The topological polar surface area (TPSA) is 120 Å². The molecule has 1 aliphatic heterocycles. The number of nitrogens with one attached hydrogen (secondary N) is 2. The Morgan fingerprint density at radius 2 is 1.68 bits per heavy atom. The zero-order chi connectivity index (χ0) is 24.9. The Morgan fingerprint density at radius 3 is 2.32 bits per heavy atom. The number of sulfonamides is 1. The minimum Gasteiger partial charge on any atom is -0.490 e. The first-order chi connectivity index (χ1) is 16.0. The zero-order valence-electron chi connectivity index (χ0n) is 19.7. The van der Waals surface area contributed by atoms with Crippen molar-refractivity contribution in [1.29, 1.82) is 0 Å². The van der Waals surface area contributed by atoms with Crippen LogP contribution in [0.5, 0.6) is 11.5 Å². The van der Waals surface area contributed by atoms with E-state index < -0.39 is 34.5 Å². The van der Waals surface area contributed by atoms with Crippen LogP contribution in [0, 0.1) is 0 Å². The third-order valence-corrected chi connectivity index (χ3v) is 6.53. The lowest BCUT2D eigenvalue weighted by Gasteiger charge is -2.19. The summed E-state index contributed by atoms with van der Waals surface area (Å²) in [4.78, 5) is 24.4. The van der Waals surface area contributed by atoms with Crippen molar-refractivity contribution < 1.29 is 32.2 Å². The summed E-state index contributed by atoms with van der Waals surface area (Å²) < 4.78 is 43.4. The maximum Gasteiger partial charge on any atom is 0.321 e. The molecular formula is C24H30N2O7S. The maximum atomic E-state index is 12.6. The lowest BCUT2D eigenvalue weighted by molar-refractivity contribution is -0.151. The van der Waals surface area contributed by atoms with Crippen LogP contribution in [-0.4, -0.2) is 46.2 Å². The number of esters is 1. The number of benzene rings is 2. The Hall–Kier alpha value is -3.11. The van der Waals surface area contributed by atoms with Gasteiger partial charge in [-0.25, -0.2) is 8.42 Å². The van der Waals surface area contributed by atoms with Crippen LogP contribution < -0.4 is 19.5 Å². The van der Waals surface area contributed by atoms with E-state index in [1.54, 1.807) is 12.1 Å². The predicted octanol–water partition coefficient (Wildman–Crippen LogP) is 2.99. The summed E-state index contributed by atoms with van der Waals surface area (Å²) in [7, 11) is -4.01. The summed E-state index contributed by atoms with van der Waals surface area (Å²) in [5.41, 5.74) is 1.67. The number of anilines is 1. The highest BCUT2D eigenvalue weighted by atomic mass is 32.2. The molecule has 0 fully saturated rings. The quantitative estimate of drug-likeness (QED) is 0.573. The minimum atomic E-state index is -4.01. The van der Waals surface area contributed by atoms with Crippen molar-refractivity contribution in [2.24, 2.45) is 0 Å². The van der Waals surface area contributed by atoms with Gasteiger partial charge in [0.2, 0.25) is 10.0 Å². The van der Waals surface area contributed by atoms with E-state index in [9.17, 15) is 18.0 Å². The average molecular weight is 491 g/mol. The second kappa shape index (κ2) is 10.4. The third kappa shape index (κ3) is 6.71. The van der Waals surface area contributed by atoms with Crippen molar-refractivity contribution in [3.05, 3.63) is 48.0 Å². The van der Waals surface area contributed by atoms with Crippen molar-refractivity contribution in [1.82, 2.24) is 4.72 Å². The zero-order valence-corrected chi connectivity index (χ0v) is 20.5. The van der Waals surface area contributed by atoms with Crippen LogP contribution in [0.2, 0.25) is 0 Å². The van der Waals surface area contributed by atoms with Gasteiger partial charge >= 0.3 is 5.97 Å². The number of amides is 1. The second-order valence-corrected chi connectivity index (χ2v) is 10.7. The third-order valence-electron chi connectivity index (χ3n) is 5.13. The Balaban J connectivity index is 1.52. The molecule has 0 spiro atoms. The second-order valence-electron chi connectivity index (χ2n) is 8.93. The normalized spacial score (nSPS) is 14.6. The van der Waals surface area contributed by atoms with E-state index in [4.69, 9.17) is 14.2 Å². The molecular weight excluding hydrogens is 460 g/mol. The number of ether oxygens (including phenoxy) is 3. The standard InChI is InChI=1S/C24H30N2O7S/c1-16(23(28)26-18-8-6-17(7-9-18)24(2,3)4)33-22(27)15-25-34(29,30)19-10-11-20-21(14-19)32-13-5-12-31-20/h6-11,14,16,25H,5,12-13,15H2,1-4H3,(H,26,28). The highest BCUT2D eigenvalue weighted by molar-refractivity contribution is 7.89. The first-order valence-electron chi connectivity index (χ1n) is 11.0. The van der Waals surface area contributed by atoms with Crippen LogP contribution in [0.25, 0.3) is 0 Å². The van der Waals surface area contributed by atoms with Gasteiger partial charge in [-0.05, 0) is 42.2 Å². The molecule has 1 unspecified atom stereocenters. The summed E-state index contributed by atoms with van der Waals surface area (Å²) in [5.74, 6) is -0.626. The molecule has 0 saturated carbocycles. The molecule has 2 aromatic carbocycles. The molecule has 3 rings (SSSR count). The van der Waals surface area contributed by atoms with Crippen LogP contribution in [0.4, 0.5) is 5.69 Å². The van der Waals surface area contributed by atoms with Gasteiger partial charge in [0.1, 0.15) is 6.54 Å². The minimum absolute atomic E-state index is 0.0160. The first-order valence-corrected chi connectivity index (χ1v) is 12.4. The van der Waals surface area contributed by atoms with Gasteiger partial charge in [0.15, 0.2) is 17.6 Å². The smallest absolute Gasteiger partial charge is 0.321 e. The van der Waals surface area contributed by atoms with Crippen LogP contribution >= 0.6 is 0 Å². The Kier molecular flexibility index (Phi) is 7.83. The van der Waals surface area contributed by atoms with Crippen molar-refractivity contribution in [2.45, 2.75) is 50.5 Å². The van der Waals surface area contributed by atoms with Crippen LogP contribution in [0.3, 0.4) is 0 Å². The number of hydrogen-bond donors (Lipinski definition) is 2. The lowest BCUT2D eigenvalue weighted by Crippen LogP contribution is -2.35. The molecule has 1 aliphatic rings. The van der Waals surface area contributed by atoms with Gasteiger partial charge in [-0.15, -0.1) is 0 Å². The number of carbonyl (C=O) groups excluding carboxylic acids is 2. The fourth-order valence-electron chi connectivity index (χ4n) is 3.14. The van der Waals surface area contributed by atoms with Gasteiger partial charge in [0.05, 0.1) is 18.1 Å². The SMILES string of the molecule is CC(OC(=O)CNS(=O)(=O)c1ccc2c(c1)OCCCO2)C(=O)Nc1ccc(C(C)(C)C)cc1. The molecule has 0 saturated heterocycles. The first kappa shape index (κ1) is 25.5. The van der Waals surface area contributed by atoms with Crippen molar-refractivity contribution in [3.63, 3.8) is 0 Å². The molecule has 34 heavy (non-hydrogen) atoms. The van der Waals surface area contributed by atoms with E-state index in [-0.39, 0.29) is 10.3 Å². The molecule has 1 atom stereocenters. The molecule has 2 aromatic rings. The van der Waals surface area contributed by atoms with E-state index >= 15 is 0 Å². The van der Waals surface area contributed by atoms with E-state index in [1.807, 2.05) is 12.1 Å². The van der Waals surface area contributed by atoms with E-state index in [2.05, 4.69) is 30.8 Å². The van der Waals surface area contributed by atoms with Crippen molar-refractivity contribution in [2.75, 3.05) is 25.1 Å². The van der Waals surface area contributed by atoms with Gasteiger partial charge in [-0.2, -0.15) is 4.72 Å². The van der Waals surface area contributed by atoms with Crippen LogP contribution in [0.1, 0.15) is 39.7 Å². The average Bonchev–Trinajstić information content (AvgIpc) is 3.02. The number of rotatable bonds is 7. The molecule has 0 bridgehead atoms. The van der Waals surface area contributed by atoms with Crippen molar-refractivity contribution >= 4 is 27.6 Å². The molecule has 1 heterocycles. The van der Waals surface area contributed by atoms with Crippen LogP contribution in [0.15, 0.2) is 47.4 Å². The highest BCUT2D eigenvalue weighted by Gasteiger charge is 2.23. The summed E-state index contributed by atoms with van der Waals surface area (Å²) >= 11 is 0. The van der Waals surface area contributed by atoms with Crippen LogP contribution in [-0.2, 0) is 29.8 Å². The fraction of sp³-hybridized carbons (Fsp3) is 0.417. The van der Waals surface area contributed by atoms with E-state index in [0.29, 0.717) is 36.8 Å². The number of fused-ring (bicyclic) bond motifs is 1. The Labute approximate surface area is 199 Å². The van der Waals surface area contributed by atoms with Gasteiger partial charge in [-0.1, -0.05) is 32.9 Å². The molecule has 9 nitrogen and oxygen atoms in total. The molecule has 0 aromatic heterocycles. The molecule has 0 aliphatic carbocycles. The fourth-order valence-corrected chi connectivity index (χ4v) is 4.12. The molecule has 1 amide bonds. The molecule has 184 valence electrons.